The quantitative estimate of drug-likeness (QED) is 0.126. The van der Waals surface area contributed by atoms with Crippen LogP contribution in [0.1, 0.15) is 71.9 Å². The molecule has 0 amide bonds. The lowest BCUT2D eigenvalue weighted by Crippen LogP contribution is -2.32. The summed E-state index contributed by atoms with van der Waals surface area (Å²) in [7, 11) is 0. The summed E-state index contributed by atoms with van der Waals surface area (Å²) in [4.78, 5) is 0. The zero-order valence-electron chi connectivity index (χ0n) is 27.2. The summed E-state index contributed by atoms with van der Waals surface area (Å²) in [6.07, 6.45) is -5.06. The van der Waals surface area contributed by atoms with E-state index >= 15 is 0 Å². The van der Waals surface area contributed by atoms with Crippen molar-refractivity contribution in [2.24, 2.45) is 0 Å². The van der Waals surface area contributed by atoms with Crippen molar-refractivity contribution < 1.29 is 35.8 Å². The van der Waals surface area contributed by atoms with E-state index in [4.69, 9.17) is 20.9 Å². The van der Waals surface area contributed by atoms with Crippen LogP contribution in [0.25, 0.3) is 0 Å². The molecule has 5 aromatic rings. The second-order valence-electron chi connectivity index (χ2n) is 12.7. The molecule has 4 N–H and O–H groups in total. The SMILES string of the molecule is CCc1ccc(C2CCC(c3ccc(Oc4ccc(N)cc4C(F)(F)F)cc3)(c3ccc(Oc4ccc(N)cc4C(F)(F)F)cc3)CC2)cc1. The highest BCUT2D eigenvalue weighted by molar-refractivity contribution is 5.53. The van der Waals surface area contributed by atoms with Gasteiger partial charge < -0.3 is 20.9 Å². The molecule has 6 rings (SSSR count). The molecule has 1 fully saturated rings. The van der Waals surface area contributed by atoms with Crippen LogP contribution in [0.2, 0.25) is 0 Å². The minimum atomic E-state index is -4.65. The van der Waals surface area contributed by atoms with Crippen molar-refractivity contribution in [2.45, 2.75) is 62.7 Å². The Morgan fingerprint density at radius 2 is 1.02 bits per heavy atom. The van der Waals surface area contributed by atoms with Gasteiger partial charge in [-0.1, -0.05) is 55.5 Å². The van der Waals surface area contributed by atoms with Crippen molar-refractivity contribution >= 4 is 11.4 Å². The minimum Gasteiger partial charge on any atom is -0.457 e. The summed E-state index contributed by atoms with van der Waals surface area (Å²) in [5.41, 5.74) is 13.2. The van der Waals surface area contributed by atoms with Gasteiger partial charge in [0.25, 0.3) is 0 Å². The van der Waals surface area contributed by atoms with Crippen molar-refractivity contribution in [3.05, 3.63) is 143 Å². The first-order valence-corrected chi connectivity index (χ1v) is 16.3. The van der Waals surface area contributed by atoms with Gasteiger partial charge in [-0.2, -0.15) is 26.3 Å². The highest BCUT2D eigenvalue weighted by Crippen LogP contribution is 2.50. The number of ether oxygens (including phenoxy) is 2. The van der Waals surface area contributed by atoms with Gasteiger partial charge in [-0.25, -0.2) is 0 Å². The zero-order chi connectivity index (χ0) is 35.7. The van der Waals surface area contributed by atoms with Crippen molar-refractivity contribution in [3.8, 4) is 23.0 Å². The van der Waals surface area contributed by atoms with Gasteiger partial charge >= 0.3 is 12.4 Å². The summed E-state index contributed by atoms with van der Waals surface area (Å²) in [6.45, 7) is 2.12. The predicted octanol–water partition coefficient (Wildman–Crippen LogP) is 11.7. The standard InChI is InChI=1S/C40H36F6N2O2/c1-2-25-3-5-26(6-4-25)27-19-21-38(22-20-27,28-7-13-32(14-8-28)49-36-17-11-30(47)23-34(36)39(41,42)43)29-9-15-33(16-10-29)50-37-18-12-31(48)24-35(37)40(44,45)46/h3-18,23-24,27H,2,19-22,47-48H2,1H3. The number of anilines is 2. The Morgan fingerprint density at radius 3 is 1.40 bits per heavy atom. The molecule has 0 aromatic heterocycles. The van der Waals surface area contributed by atoms with E-state index in [0.717, 1.165) is 55.4 Å². The van der Waals surface area contributed by atoms with E-state index in [9.17, 15) is 26.3 Å². The molecule has 260 valence electrons. The number of hydrogen-bond acceptors (Lipinski definition) is 4. The number of rotatable bonds is 8. The Kier molecular flexibility index (Phi) is 9.48. The van der Waals surface area contributed by atoms with Gasteiger partial charge in [0.05, 0.1) is 0 Å². The minimum absolute atomic E-state index is 0.0236. The lowest BCUT2D eigenvalue weighted by atomic mass is 9.62. The van der Waals surface area contributed by atoms with Gasteiger partial charge in [-0.3, -0.25) is 0 Å². The lowest BCUT2D eigenvalue weighted by Gasteiger charge is -2.41. The third-order valence-electron chi connectivity index (χ3n) is 9.59. The summed E-state index contributed by atoms with van der Waals surface area (Å²) in [5.74, 6) is 0.105. The van der Waals surface area contributed by atoms with E-state index in [-0.39, 0.29) is 34.4 Å². The fraction of sp³-hybridized carbons (Fsp3) is 0.250. The summed E-state index contributed by atoms with van der Waals surface area (Å²) < 4.78 is 93.6. The molecule has 4 nitrogen and oxygen atoms in total. The third-order valence-corrected chi connectivity index (χ3v) is 9.59. The maximum Gasteiger partial charge on any atom is 0.420 e. The Balaban J connectivity index is 1.30. The van der Waals surface area contributed by atoms with Crippen LogP contribution >= 0.6 is 0 Å². The van der Waals surface area contributed by atoms with E-state index < -0.39 is 28.9 Å². The first kappa shape index (κ1) is 34.7. The van der Waals surface area contributed by atoms with Crippen LogP contribution in [0.5, 0.6) is 23.0 Å². The highest BCUT2D eigenvalue weighted by Gasteiger charge is 2.40. The topological polar surface area (TPSA) is 70.5 Å². The van der Waals surface area contributed by atoms with Gasteiger partial charge in [0, 0.05) is 16.8 Å². The van der Waals surface area contributed by atoms with Crippen LogP contribution in [0, 0.1) is 0 Å². The van der Waals surface area contributed by atoms with E-state index in [1.807, 2.05) is 24.3 Å². The molecular weight excluding hydrogens is 654 g/mol. The second kappa shape index (κ2) is 13.7. The highest BCUT2D eigenvalue weighted by atomic mass is 19.4. The van der Waals surface area contributed by atoms with Gasteiger partial charge in [-0.15, -0.1) is 0 Å². The molecular formula is C40H36F6N2O2. The molecule has 10 heteroatoms. The molecule has 0 spiro atoms. The molecule has 0 unspecified atom stereocenters. The second-order valence-corrected chi connectivity index (χ2v) is 12.7. The smallest absolute Gasteiger partial charge is 0.420 e. The average Bonchev–Trinajstić information content (AvgIpc) is 3.10. The van der Waals surface area contributed by atoms with Crippen molar-refractivity contribution in [1.82, 2.24) is 0 Å². The normalized spacial score (nSPS) is 15.1. The molecule has 0 aliphatic heterocycles. The number of nitrogen functional groups attached to an aromatic ring is 2. The third kappa shape index (κ3) is 7.39. The molecule has 0 bridgehead atoms. The van der Waals surface area contributed by atoms with E-state index in [1.165, 1.54) is 35.4 Å². The first-order valence-electron chi connectivity index (χ1n) is 16.3. The van der Waals surface area contributed by atoms with Gasteiger partial charge in [0.2, 0.25) is 0 Å². The number of nitrogens with two attached hydrogens (primary N) is 2. The van der Waals surface area contributed by atoms with Crippen LogP contribution in [-0.2, 0) is 24.2 Å². The maximum atomic E-state index is 13.7. The fourth-order valence-corrected chi connectivity index (χ4v) is 6.87. The monoisotopic (exact) mass is 690 g/mol. The Morgan fingerprint density at radius 1 is 0.600 bits per heavy atom. The molecule has 1 saturated carbocycles. The largest absolute Gasteiger partial charge is 0.457 e. The average molecular weight is 691 g/mol. The molecule has 1 aliphatic rings. The van der Waals surface area contributed by atoms with Crippen LogP contribution in [0.15, 0.2) is 109 Å². The molecule has 0 heterocycles. The van der Waals surface area contributed by atoms with Gasteiger partial charge in [-0.05, 0) is 121 Å². The van der Waals surface area contributed by atoms with E-state index in [2.05, 4.69) is 31.2 Å². The molecule has 50 heavy (non-hydrogen) atoms. The molecule has 0 atom stereocenters. The van der Waals surface area contributed by atoms with Crippen LogP contribution < -0.4 is 20.9 Å². The number of halogens is 6. The maximum absolute atomic E-state index is 13.7. The summed E-state index contributed by atoms with van der Waals surface area (Å²) >= 11 is 0. The van der Waals surface area contributed by atoms with E-state index in [1.54, 1.807) is 24.3 Å². The van der Waals surface area contributed by atoms with Crippen LogP contribution in [0.3, 0.4) is 0 Å². The van der Waals surface area contributed by atoms with Crippen molar-refractivity contribution in [3.63, 3.8) is 0 Å². The first-order chi connectivity index (χ1) is 23.7. The van der Waals surface area contributed by atoms with Crippen molar-refractivity contribution in [1.29, 1.82) is 0 Å². The predicted molar refractivity (Wildman–Crippen MR) is 183 cm³/mol. The van der Waals surface area contributed by atoms with E-state index in [0.29, 0.717) is 5.92 Å². The summed E-state index contributed by atoms with van der Waals surface area (Å²) in [5, 5.41) is 0. The number of aryl methyl sites for hydroxylation is 1. The lowest BCUT2D eigenvalue weighted by molar-refractivity contribution is -0.139. The van der Waals surface area contributed by atoms with Crippen LogP contribution in [0.4, 0.5) is 37.7 Å². The Bertz CT molecular complexity index is 1820. The Labute approximate surface area is 286 Å². The molecule has 1 aliphatic carbocycles. The Hall–Kier alpha value is -5.12. The van der Waals surface area contributed by atoms with Crippen molar-refractivity contribution in [2.75, 3.05) is 11.5 Å². The zero-order valence-corrected chi connectivity index (χ0v) is 27.2. The fourth-order valence-electron chi connectivity index (χ4n) is 6.87. The van der Waals surface area contributed by atoms with Gasteiger partial charge in [0.15, 0.2) is 0 Å². The molecule has 5 aromatic carbocycles. The van der Waals surface area contributed by atoms with Gasteiger partial charge in [0.1, 0.15) is 34.1 Å². The number of alkyl halides is 6. The molecule has 0 saturated heterocycles. The molecule has 0 radical (unpaired) electrons. The number of benzene rings is 5. The van der Waals surface area contributed by atoms with Crippen LogP contribution in [-0.4, -0.2) is 0 Å². The number of hydrogen-bond donors (Lipinski definition) is 2. The summed E-state index contributed by atoms with van der Waals surface area (Å²) in [6, 6.07) is 29.6.